The Morgan fingerprint density at radius 3 is 2.90 bits per heavy atom. The summed E-state index contributed by atoms with van der Waals surface area (Å²) in [7, 11) is 0. The summed E-state index contributed by atoms with van der Waals surface area (Å²) in [5, 5.41) is 0. The zero-order chi connectivity index (χ0) is 7.14. The topological polar surface area (TPSA) is 43.4 Å². The average Bonchev–Trinajstić information content (AvgIpc) is 2.39. The molecule has 1 saturated heterocycles. The zero-order valence-electron chi connectivity index (χ0n) is 5.24. The number of hydrogen-bond acceptors (Lipinski definition) is 3. The third-order valence-electron chi connectivity index (χ3n) is 1.94. The molecule has 0 bridgehead atoms. The number of ether oxygens (including phenoxy) is 1. The van der Waals surface area contributed by atoms with Crippen molar-refractivity contribution in [2.45, 2.75) is 6.42 Å². The highest BCUT2D eigenvalue weighted by molar-refractivity contribution is 5.98. The maximum absolute atomic E-state index is 10.8. The van der Waals surface area contributed by atoms with Crippen LogP contribution in [0.3, 0.4) is 0 Å². The Morgan fingerprint density at radius 1 is 1.40 bits per heavy atom. The molecule has 2 aliphatic rings. The smallest absolute Gasteiger partial charge is 0.321 e. The SMILES string of the molecule is O=C1OC(=O)C2CC=CC12. The van der Waals surface area contributed by atoms with Crippen LogP contribution in [-0.2, 0) is 14.3 Å². The average molecular weight is 138 g/mol. The zero-order valence-corrected chi connectivity index (χ0v) is 5.24. The van der Waals surface area contributed by atoms with Gasteiger partial charge in [0.2, 0.25) is 0 Å². The molecule has 0 amide bonds. The molecule has 0 saturated carbocycles. The number of esters is 2. The Morgan fingerprint density at radius 2 is 2.20 bits per heavy atom. The van der Waals surface area contributed by atoms with Crippen LogP contribution < -0.4 is 0 Å². The summed E-state index contributed by atoms with van der Waals surface area (Å²) in [6.45, 7) is 0. The van der Waals surface area contributed by atoms with Gasteiger partial charge >= 0.3 is 11.9 Å². The first kappa shape index (κ1) is 5.65. The molecule has 0 aromatic heterocycles. The molecule has 3 nitrogen and oxygen atoms in total. The van der Waals surface area contributed by atoms with Crippen LogP contribution in [0.1, 0.15) is 6.42 Å². The first-order chi connectivity index (χ1) is 4.79. The van der Waals surface area contributed by atoms with Crippen LogP contribution in [0.4, 0.5) is 0 Å². The summed E-state index contributed by atoms with van der Waals surface area (Å²) in [5.74, 6) is -1.22. The lowest BCUT2D eigenvalue weighted by Gasteiger charge is -1.96. The Balaban J connectivity index is 2.33. The molecule has 52 valence electrons. The van der Waals surface area contributed by atoms with Crippen LogP contribution in [0.25, 0.3) is 0 Å². The second-order valence-corrected chi connectivity index (χ2v) is 2.54. The van der Waals surface area contributed by atoms with Gasteiger partial charge in [-0.25, -0.2) is 0 Å². The van der Waals surface area contributed by atoms with Crippen molar-refractivity contribution in [1.29, 1.82) is 0 Å². The van der Waals surface area contributed by atoms with Crippen LogP contribution in [0, 0.1) is 11.8 Å². The van der Waals surface area contributed by atoms with E-state index in [2.05, 4.69) is 4.74 Å². The Bertz CT molecular complexity index is 229. The van der Waals surface area contributed by atoms with Crippen LogP contribution in [0.5, 0.6) is 0 Å². The molecule has 2 unspecified atom stereocenters. The van der Waals surface area contributed by atoms with Crippen molar-refractivity contribution >= 4 is 11.9 Å². The molecule has 1 heterocycles. The van der Waals surface area contributed by atoms with Gasteiger partial charge in [0.25, 0.3) is 0 Å². The minimum atomic E-state index is -0.385. The summed E-state index contributed by atoms with van der Waals surface area (Å²) in [5.41, 5.74) is 0. The maximum Gasteiger partial charge on any atom is 0.321 e. The van der Waals surface area contributed by atoms with Gasteiger partial charge in [-0.2, -0.15) is 0 Å². The molecule has 1 aliphatic heterocycles. The fourth-order valence-electron chi connectivity index (χ4n) is 1.38. The molecule has 0 N–H and O–H groups in total. The largest absolute Gasteiger partial charge is 0.392 e. The molecule has 10 heavy (non-hydrogen) atoms. The van der Waals surface area contributed by atoms with E-state index in [-0.39, 0.29) is 23.8 Å². The predicted molar refractivity (Wildman–Crippen MR) is 31.8 cm³/mol. The van der Waals surface area contributed by atoms with Crippen molar-refractivity contribution < 1.29 is 14.3 Å². The fraction of sp³-hybridized carbons (Fsp3) is 0.429. The lowest BCUT2D eigenvalue weighted by atomic mass is 9.99. The van der Waals surface area contributed by atoms with E-state index in [0.29, 0.717) is 6.42 Å². The van der Waals surface area contributed by atoms with E-state index < -0.39 is 0 Å². The Kier molecular flexibility index (Phi) is 0.952. The van der Waals surface area contributed by atoms with Crippen LogP contribution >= 0.6 is 0 Å². The molecule has 0 aromatic carbocycles. The Labute approximate surface area is 57.7 Å². The molecular weight excluding hydrogens is 132 g/mol. The first-order valence-electron chi connectivity index (χ1n) is 3.21. The molecule has 2 atom stereocenters. The molecule has 0 aromatic rings. The highest BCUT2D eigenvalue weighted by Crippen LogP contribution is 2.32. The highest BCUT2D eigenvalue weighted by Gasteiger charge is 2.44. The molecule has 2 rings (SSSR count). The molecule has 3 heteroatoms. The van der Waals surface area contributed by atoms with Crippen molar-refractivity contribution in [3.63, 3.8) is 0 Å². The second kappa shape index (κ2) is 1.68. The molecule has 1 aliphatic carbocycles. The summed E-state index contributed by atoms with van der Waals surface area (Å²) in [4.78, 5) is 21.6. The maximum atomic E-state index is 10.8. The van der Waals surface area contributed by atoms with Gasteiger partial charge in [-0.1, -0.05) is 12.2 Å². The minimum absolute atomic E-state index is 0.201. The number of fused-ring (bicyclic) bond motifs is 1. The number of carbonyl (C=O) groups is 2. The summed E-state index contributed by atoms with van der Waals surface area (Å²) in [6, 6.07) is 0. The predicted octanol–water partition coefficient (Wildman–Crippen LogP) is 0.262. The summed E-state index contributed by atoms with van der Waals surface area (Å²) < 4.78 is 4.40. The molecule has 0 radical (unpaired) electrons. The van der Waals surface area contributed by atoms with Crippen LogP contribution in [-0.4, -0.2) is 11.9 Å². The van der Waals surface area contributed by atoms with Gasteiger partial charge in [0.1, 0.15) is 0 Å². The second-order valence-electron chi connectivity index (χ2n) is 2.54. The number of rotatable bonds is 0. The van der Waals surface area contributed by atoms with E-state index in [0.717, 1.165) is 0 Å². The third-order valence-corrected chi connectivity index (χ3v) is 1.94. The molecule has 1 fully saturated rings. The highest BCUT2D eigenvalue weighted by atomic mass is 16.6. The lowest BCUT2D eigenvalue weighted by Crippen LogP contribution is -2.09. The van der Waals surface area contributed by atoms with Crippen molar-refractivity contribution in [1.82, 2.24) is 0 Å². The van der Waals surface area contributed by atoms with Crippen molar-refractivity contribution in [3.8, 4) is 0 Å². The van der Waals surface area contributed by atoms with E-state index in [4.69, 9.17) is 0 Å². The Hall–Kier alpha value is -1.12. The van der Waals surface area contributed by atoms with Gasteiger partial charge in [0.15, 0.2) is 0 Å². The van der Waals surface area contributed by atoms with Gasteiger partial charge in [-0.05, 0) is 6.42 Å². The third kappa shape index (κ3) is 0.546. The van der Waals surface area contributed by atoms with Crippen molar-refractivity contribution in [2.75, 3.05) is 0 Å². The minimum Gasteiger partial charge on any atom is -0.392 e. The van der Waals surface area contributed by atoms with Gasteiger partial charge < -0.3 is 4.74 Å². The van der Waals surface area contributed by atoms with Crippen molar-refractivity contribution in [2.24, 2.45) is 11.8 Å². The standard InChI is InChI=1S/C7H6O3/c8-6-4-2-1-3-5(4)7(9)10-6/h1-2,4-5H,3H2. The van der Waals surface area contributed by atoms with Crippen LogP contribution in [0.15, 0.2) is 12.2 Å². The van der Waals surface area contributed by atoms with Gasteiger partial charge in [-0.3, -0.25) is 9.59 Å². The van der Waals surface area contributed by atoms with Gasteiger partial charge in [0.05, 0.1) is 11.8 Å². The lowest BCUT2D eigenvalue weighted by molar-refractivity contribution is -0.153. The van der Waals surface area contributed by atoms with E-state index in [1.165, 1.54) is 0 Å². The van der Waals surface area contributed by atoms with Crippen LogP contribution in [0.2, 0.25) is 0 Å². The molecule has 0 spiro atoms. The van der Waals surface area contributed by atoms with E-state index in [1.807, 2.05) is 6.08 Å². The van der Waals surface area contributed by atoms with Crippen molar-refractivity contribution in [3.05, 3.63) is 12.2 Å². The number of allylic oxidation sites excluding steroid dienone is 1. The first-order valence-corrected chi connectivity index (χ1v) is 3.21. The van der Waals surface area contributed by atoms with Gasteiger partial charge in [0, 0.05) is 0 Å². The van der Waals surface area contributed by atoms with E-state index in [1.54, 1.807) is 6.08 Å². The van der Waals surface area contributed by atoms with E-state index >= 15 is 0 Å². The van der Waals surface area contributed by atoms with E-state index in [9.17, 15) is 9.59 Å². The normalized spacial score (nSPS) is 36.4. The monoisotopic (exact) mass is 138 g/mol. The number of cyclic esters (lactones) is 2. The fourth-order valence-corrected chi connectivity index (χ4v) is 1.38. The molecular formula is C7H6O3. The summed E-state index contributed by atoms with van der Waals surface area (Å²) in [6.07, 6.45) is 4.26. The van der Waals surface area contributed by atoms with Gasteiger partial charge in [-0.15, -0.1) is 0 Å². The number of carbonyl (C=O) groups excluding carboxylic acids is 2. The number of hydrogen-bond donors (Lipinski definition) is 0. The summed E-state index contributed by atoms with van der Waals surface area (Å²) >= 11 is 0. The quantitative estimate of drug-likeness (QED) is 0.274.